The lowest BCUT2D eigenvalue weighted by molar-refractivity contribution is -0.485. The lowest BCUT2D eigenvalue weighted by Crippen LogP contribution is -2.59. The molecule has 1 aliphatic rings. The molecular weight excluding hydrogens is 230 g/mol. The van der Waals surface area contributed by atoms with Crippen molar-refractivity contribution in [1.82, 2.24) is 15.5 Å². The number of guanidine groups is 1. The molecule has 0 bridgehead atoms. The molecule has 9 nitrogen and oxygen atoms in total. The van der Waals surface area contributed by atoms with Gasteiger partial charge in [-0.15, -0.1) is 0 Å². The molecule has 0 spiro atoms. The molecule has 0 aromatic carbocycles. The number of hydrogen-bond acceptors (Lipinski definition) is 5. The highest BCUT2D eigenvalue weighted by atomic mass is 16.7. The molecule has 1 saturated heterocycles. The van der Waals surface area contributed by atoms with E-state index in [9.17, 15) is 14.9 Å². The van der Waals surface area contributed by atoms with Gasteiger partial charge in [0, 0.05) is 0 Å². The quantitative estimate of drug-likeness (QED) is 0.367. The summed E-state index contributed by atoms with van der Waals surface area (Å²) >= 11 is 0. The number of nitrogens with one attached hydrogen (secondary N) is 2. The normalized spacial score (nSPS) is 17.6. The van der Waals surface area contributed by atoms with E-state index in [4.69, 9.17) is 4.74 Å². The largest absolute Gasteiger partial charge is 0.465 e. The Balaban J connectivity index is 2.46. The molecule has 0 radical (unpaired) electrons. The minimum absolute atomic E-state index is 0.0855. The van der Waals surface area contributed by atoms with Crippen LogP contribution in [0, 0.1) is 10.1 Å². The van der Waals surface area contributed by atoms with Gasteiger partial charge in [0.2, 0.25) is 0 Å². The van der Waals surface area contributed by atoms with Crippen LogP contribution >= 0.6 is 0 Å². The number of hydrogen-bond donors (Lipinski definition) is 2. The van der Waals surface area contributed by atoms with E-state index >= 15 is 0 Å². The Hall–Kier alpha value is -1.90. The van der Waals surface area contributed by atoms with Gasteiger partial charge in [-0.1, -0.05) is 0 Å². The van der Waals surface area contributed by atoms with Gasteiger partial charge in [-0.3, -0.25) is 9.69 Å². The number of carbonyl (C=O) groups is 1. The predicted molar refractivity (Wildman–Crippen MR) is 58.4 cm³/mol. The van der Waals surface area contributed by atoms with E-state index in [1.165, 1.54) is 0 Å². The molecule has 0 amide bonds. The number of esters is 1. The summed E-state index contributed by atoms with van der Waals surface area (Å²) in [5.41, 5.74) is 0. The van der Waals surface area contributed by atoms with Crippen molar-refractivity contribution in [2.24, 2.45) is 5.10 Å². The van der Waals surface area contributed by atoms with Gasteiger partial charge in [-0.25, -0.2) is 10.1 Å². The summed E-state index contributed by atoms with van der Waals surface area (Å²) in [7, 11) is 0. The second kappa shape index (κ2) is 5.99. The highest BCUT2D eigenvalue weighted by Crippen LogP contribution is 2.01. The van der Waals surface area contributed by atoms with Crippen LogP contribution < -0.4 is 10.6 Å². The Morgan fingerprint density at radius 2 is 2.24 bits per heavy atom. The summed E-state index contributed by atoms with van der Waals surface area (Å²) in [6.07, 6.45) is 0. The molecule has 0 saturated carbocycles. The number of rotatable bonds is 4. The molecule has 1 aliphatic heterocycles. The van der Waals surface area contributed by atoms with Crippen molar-refractivity contribution in [1.29, 1.82) is 0 Å². The number of carbonyl (C=O) groups excluding carboxylic acids is 1. The Labute approximate surface area is 97.9 Å². The van der Waals surface area contributed by atoms with Crippen molar-refractivity contribution >= 4 is 11.9 Å². The van der Waals surface area contributed by atoms with Crippen LogP contribution in [0.1, 0.15) is 13.8 Å². The van der Waals surface area contributed by atoms with Crippen LogP contribution in [0.4, 0.5) is 0 Å². The first-order chi connectivity index (χ1) is 8.04. The number of hydrazone groups is 1. The van der Waals surface area contributed by atoms with Crippen LogP contribution in [0.5, 0.6) is 0 Å². The maximum absolute atomic E-state index is 11.4. The lowest BCUT2D eigenvalue weighted by Gasteiger charge is -2.32. The first-order valence-electron chi connectivity index (χ1n) is 5.16. The van der Waals surface area contributed by atoms with Crippen LogP contribution in [-0.2, 0) is 9.53 Å². The molecule has 1 rings (SSSR count). The number of nitro groups is 1. The van der Waals surface area contributed by atoms with Gasteiger partial charge < -0.3 is 15.4 Å². The third-order valence-corrected chi connectivity index (χ3v) is 2.26. The molecule has 0 aliphatic carbocycles. The van der Waals surface area contributed by atoms with Crippen molar-refractivity contribution in [3.05, 3.63) is 10.1 Å². The summed E-state index contributed by atoms with van der Waals surface area (Å²) in [5, 5.41) is 17.8. The van der Waals surface area contributed by atoms with E-state index < -0.39 is 11.1 Å². The molecule has 9 heteroatoms. The van der Waals surface area contributed by atoms with Gasteiger partial charge in [0.25, 0.3) is 5.96 Å². The fourth-order valence-corrected chi connectivity index (χ4v) is 1.31. The van der Waals surface area contributed by atoms with Crippen molar-refractivity contribution in [3.8, 4) is 0 Å². The fourth-order valence-electron chi connectivity index (χ4n) is 1.31. The molecule has 0 unspecified atom stereocenters. The Bertz CT molecular complexity index is 322. The van der Waals surface area contributed by atoms with Crippen LogP contribution in [0.25, 0.3) is 0 Å². The van der Waals surface area contributed by atoms with Crippen LogP contribution in [0.15, 0.2) is 5.10 Å². The van der Waals surface area contributed by atoms with Gasteiger partial charge in [0.05, 0.1) is 19.9 Å². The average Bonchev–Trinajstić information content (AvgIpc) is 2.28. The van der Waals surface area contributed by atoms with E-state index in [1.807, 2.05) is 0 Å². The molecule has 17 heavy (non-hydrogen) atoms. The Morgan fingerprint density at radius 1 is 1.65 bits per heavy atom. The molecule has 1 fully saturated rings. The highest BCUT2D eigenvalue weighted by molar-refractivity contribution is 5.80. The van der Waals surface area contributed by atoms with Crippen molar-refractivity contribution in [2.75, 3.05) is 19.9 Å². The molecular formula is C8H15N5O4. The smallest absolute Gasteiger partial charge is 0.323 e. The first kappa shape index (κ1) is 13.2. The maximum atomic E-state index is 11.4. The van der Waals surface area contributed by atoms with Crippen molar-refractivity contribution in [2.45, 2.75) is 19.9 Å². The topological polar surface area (TPSA) is 109 Å². The van der Waals surface area contributed by atoms with Gasteiger partial charge in [0.15, 0.2) is 5.03 Å². The second-order valence-electron chi connectivity index (χ2n) is 3.37. The zero-order valence-electron chi connectivity index (χ0n) is 9.67. The standard InChI is InChI=1S/C8H15N5O4/c1-3-17-7(14)6(2)12-4-9-8(10-5-12)11-13(15)16/h6H,3-5H2,1-2H3,(H2,9,10,11)/t6-/m0/s1. The van der Waals surface area contributed by atoms with Gasteiger partial charge in [0.1, 0.15) is 11.1 Å². The summed E-state index contributed by atoms with van der Waals surface area (Å²) in [5.74, 6) is -0.243. The third-order valence-electron chi connectivity index (χ3n) is 2.26. The minimum atomic E-state index is -0.792. The summed E-state index contributed by atoms with van der Waals surface area (Å²) < 4.78 is 4.87. The van der Waals surface area contributed by atoms with E-state index in [0.29, 0.717) is 19.9 Å². The van der Waals surface area contributed by atoms with Crippen molar-refractivity contribution in [3.63, 3.8) is 0 Å². The van der Waals surface area contributed by atoms with Gasteiger partial charge >= 0.3 is 5.97 Å². The predicted octanol–water partition coefficient (Wildman–Crippen LogP) is -1.10. The van der Waals surface area contributed by atoms with Gasteiger partial charge in [-0.05, 0) is 13.8 Å². The fraction of sp³-hybridized carbons (Fsp3) is 0.750. The first-order valence-corrected chi connectivity index (χ1v) is 5.16. The molecule has 0 aromatic rings. The molecule has 1 atom stereocenters. The molecule has 2 N–H and O–H groups in total. The molecule has 96 valence electrons. The third kappa shape index (κ3) is 3.87. The molecule has 1 heterocycles. The Kier molecular flexibility index (Phi) is 4.64. The second-order valence-corrected chi connectivity index (χ2v) is 3.37. The SMILES string of the molecule is CCOC(=O)[C@H](C)N1CNC(=N[N+](=O)[O-])NC1. The summed E-state index contributed by atoms with van der Waals surface area (Å²) in [4.78, 5) is 23.3. The zero-order valence-corrected chi connectivity index (χ0v) is 9.67. The van der Waals surface area contributed by atoms with E-state index in [1.54, 1.807) is 18.7 Å². The van der Waals surface area contributed by atoms with E-state index in [-0.39, 0.29) is 11.9 Å². The van der Waals surface area contributed by atoms with Crippen molar-refractivity contribution < 1.29 is 14.6 Å². The maximum Gasteiger partial charge on any atom is 0.323 e. The average molecular weight is 245 g/mol. The monoisotopic (exact) mass is 245 g/mol. The zero-order chi connectivity index (χ0) is 12.8. The van der Waals surface area contributed by atoms with Crippen LogP contribution in [0.3, 0.4) is 0 Å². The number of ether oxygens (including phenoxy) is 1. The highest BCUT2D eigenvalue weighted by Gasteiger charge is 2.25. The van der Waals surface area contributed by atoms with Crippen LogP contribution in [-0.4, -0.2) is 47.8 Å². The van der Waals surface area contributed by atoms with E-state index in [2.05, 4.69) is 15.7 Å². The van der Waals surface area contributed by atoms with Crippen LogP contribution in [0.2, 0.25) is 0 Å². The summed E-state index contributed by atoms with van der Waals surface area (Å²) in [6.45, 7) is 4.35. The minimum Gasteiger partial charge on any atom is -0.465 e. The summed E-state index contributed by atoms with van der Waals surface area (Å²) in [6, 6.07) is -0.424. The van der Waals surface area contributed by atoms with E-state index in [0.717, 1.165) is 0 Å². The van der Waals surface area contributed by atoms with Gasteiger partial charge in [-0.2, -0.15) is 0 Å². The molecule has 0 aromatic heterocycles. The number of nitrogens with zero attached hydrogens (tertiary/aromatic N) is 3. The Morgan fingerprint density at radius 3 is 2.71 bits per heavy atom. The lowest BCUT2D eigenvalue weighted by atomic mass is 10.3.